The largest absolute Gasteiger partial charge is 0.290 e. The molecule has 0 aliphatic heterocycles. The molecule has 0 aromatic heterocycles. The molecule has 1 heteroatoms. The van der Waals surface area contributed by atoms with Crippen LogP contribution in [0.5, 0.6) is 0 Å². The van der Waals surface area contributed by atoms with Crippen LogP contribution in [0.4, 0.5) is 0 Å². The van der Waals surface area contributed by atoms with Gasteiger partial charge in [0.05, 0.1) is 0 Å². The minimum absolute atomic E-state index is 0.528. The maximum Gasteiger partial charge on any atom is 0.0499 e. The maximum atomic E-state index is 4.57. The van der Waals surface area contributed by atoms with Gasteiger partial charge in [0.1, 0.15) is 0 Å². The molecule has 0 spiro atoms. The van der Waals surface area contributed by atoms with Gasteiger partial charge in [0.2, 0.25) is 0 Å². The van der Waals surface area contributed by atoms with Gasteiger partial charge in [0.15, 0.2) is 0 Å². The predicted molar refractivity (Wildman–Crippen MR) is 75.2 cm³/mol. The van der Waals surface area contributed by atoms with Crippen LogP contribution < -0.4 is 0 Å². The summed E-state index contributed by atoms with van der Waals surface area (Å²) in [6.07, 6.45) is 8.32. The number of hydrogen-bond donors (Lipinski definition) is 0. The van der Waals surface area contributed by atoms with Gasteiger partial charge in [-0.3, -0.25) is 4.99 Å². The topological polar surface area (TPSA) is 12.4 Å². The lowest BCUT2D eigenvalue weighted by Gasteiger charge is -2.28. The van der Waals surface area contributed by atoms with Gasteiger partial charge in [-0.05, 0) is 44.6 Å². The van der Waals surface area contributed by atoms with E-state index >= 15 is 0 Å². The summed E-state index contributed by atoms with van der Waals surface area (Å²) in [6.45, 7) is 12.8. The van der Waals surface area contributed by atoms with Crippen LogP contribution >= 0.6 is 0 Å². The first-order chi connectivity index (χ1) is 7.61. The highest BCUT2D eigenvalue weighted by atomic mass is 14.8. The van der Waals surface area contributed by atoms with Crippen molar-refractivity contribution in [2.75, 3.05) is 0 Å². The number of nitrogens with zero attached hydrogens (tertiary/aromatic N) is 1. The van der Waals surface area contributed by atoms with Crippen LogP contribution in [0.25, 0.3) is 0 Å². The van der Waals surface area contributed by atoms with E-state index in [1.807, 2.05) is 20.1 Å². The van der Waals surface area contributed by atoms with E-state index in [-0.39, 0.29) is 0 Å². The molecular formula is C15H29N. The second kappa shape index (κ2) is 8.55. The van der Waals surface area contributed by atoms with E-state index in [1.54, 1.807) is 0 Å². The first-order valence-corrected chi connectivity index (χ1v) is 6.81. The molecule has 16 heavy (non-hydrogen) atoms. The van der Waals surface area contributed by atoms with E-state index in [1.165, 1.54) is 24.8 Å². The van der Waals surface area contributed by atoms with E-state index in [0.29, 0.717) is 12.0 Å². The van der Waals surface area contributed by atoms with Gasteiger partial charge in [-0.15, -0.1) is 0 Å². The lowest BCUT2D eigenvalue weighted by atomic mass is 9.81. The summed E-state index contributed by atoms with van der Waals surface area (Å²) in [7, 11) is 0. The van der Waals surface area contributed by atoms with Crippen molar-refractivity contribution in [3.8, 4) is 0 Å². The number of allylic oxidation sites excluding steroid dienone is 2. The molecule has 94 valence electrons. The average molecular weight is 223 g/mol. The Morgan fingerprint density at radius 2 is 1.75 bits per heavy atom. The van der Waals surface area contributed by atoms with Crippen molar-refractivity contribution < 1.29 is 0 Å². The van der Waals surface area contributed by atoms with Crippen LogP contribution in [0.15, 0.2) is 16.6 Å². The van der Waals surface area contributed by atoms with Gasteiger partial charge in [0, 0.05) is 12.3 Å². The molecular weight excluding hydrogens is 194 g/mol. The Hall–Kier alpha value is -0.590. The third-order valence-corrected chi connectivity index (χ3v) is 3.40. The minimum Gasteiger partial charge on any atom is -0.290 e. The molecule has 1 aliphatic rings. The second-order valence-corrected chi connectivity index (χ2v) is 4.80. The molecule has 0 aromatic rings. The predicted octanol–water partition coefficient (Wildman–Crippen LogP) is 4.87. The molecule has 1 fully saturated rings. The molecule has 1 saturated carbocycles. The SMILES string of the molecule is C/C(=C\C=NC(C)C1CCC1)C(C)C.CC. The molecule has 1 aliphatic carbocycles. The van der Waals surface area contributed by atoms with Crippen LogP contribution in [-0.2, 0) is 0 Å². The van der Waals surface area contributed by atoms with Gasteiger partial charge >= 0.3 is 0 Å². The highest BCUT2D eigenvalue weighted by molar-refractivity contribution is 5.72. The van der Waals surface area contributed by atoms with Crippen LogP contribution in [0, 0.1) is 11.8 Å². The molecule has 1 unspecified atom stereocenters. The summed E-state index contributed by atoms with van der Waals surface area (Å²) in [5, 5.41) is 0. The third kappa shape index (κ3) is 5.48. The number of hydrogen-bond acceptors (Lipinski definition) is 1. The van der Waals surface area contributed by atoms with Crippen molar-refractivity contribution in [1.82, 2.24) is 0 Å². The van der Waals surface area contributed by atoms with Gasteiger partial charge in [-0.25, -0.2) is 0 Å². The molecule has 0 amide bonds. The molecule has 0 radical (unpaired) electrons. The van der Waals surface area contributed by atoms with E-state index in [0.717, 1.165) is 5.92 Å². The smallest absolute Gasteiger partial charge is 0.0499 e. The number of aliphatic imine (C=N–C) groups is 1. The van der Waals surface area contributed by atoms with Crippen molar-refractivity contribution in [3.05, 3.63) is 11.6 Å². The van der Waals surface area contributed by atoms with Gasteiger partial charge < -0.3 is 0 Å². The minimum atomic E-state index is 0.528. The van der Waals surface area contributed by atoms with Gasteiger partial charge in [-0.1, -0.05) is 39.7 Å². The first kappa shape index (κ1) is 15.4. The van der Waals surface area contributed by atoms with Gasteiger partial charge in [-0.2, -0.15) is 0 Å². The van der Waals surface area contributed by atoms with Crippen molar-refractivity contribution in [2.45, 2.75) is 66.8 Å². The van der Waals surface area contributed by atoms with Crippen LogP contribution in [0.1, 0.15) is 60.8 Å². The lowest BCUT2D eigenvalue weighted by Crippen LogP contribution is -2.22. The van der Waals surface area contributed by atoms with Gasteiger partial charge in [0.25, 0.3) is 0 Å². The summed E-state index contributed by atoms with van der Waals surface area (Å²) >= 11 is 0. The standard InChI is InChI=1S/C13H23N.C2H6/c1-10(2)11(3)8-9-14-12(4)13-6-5-7-13;1-2/h8-10,12-13H,5-7H2,1-4H3;1-2H3/b11-8+,14-9?;. The van der Waals surface area contributed by atoms with Crippen molar-refractivity contribution in [1.29, 1.82) is 0 Å². The summed E-state index contributed by atoms with van der Waals surface area (Å²) < 4.78 is 0. The molecule has 1 rings (SSSR count). The van der Waals surface area contributed by atoms with Crippen LogP contribution in [-0.4, -0.2) is 12.3 Å². The highest BCUT2D eigenvalue weighted by Crippen LogP contribution is 2.30. The Morgan fingerprint density at radius 1 is 1.19 bits per heavy atom. The van der Waals surface area contributed by atoms with Crippen LogP contribution in [0.2, 0.25) is 0 Å². The summed E-state index contributed by atoms with van der Waals surface area (Å²) in [6, 6.07) is 0.528. The highest BCUT2D eigenvalue weighted by Gasteiger charge is 2.22. The number of rotatable bonds is 4. The van der Waals surface area contributed by atoms with E-state index in [4.69, 9.17) is 0 Å². The zero-order valence-electron chi connectivity index (χ0n) is 12.0. The molecule has 0 bridgehead atoms. The quantitative estimate of drug-likeness (QED) is 0.603. The fraction of sp³-hybridized carbons (Fsp3) is 0.800. The molecule has 0 heterocycles. The third-order valence-electron chi connectivity index (χ3n) is 3.40. The summed E-state index contributed by atoms with van der Waals surface area (Å²) in [4.78, 5) is 4.57. The molecule has 0 saturated heterocycles. The normalized spacial score (nSPS) is 19.3. The van der Waals surface area contributed by atoms with Crippen molar-refractivity contribution in [2.24, 2.45) is 16.8 Å². The Morgan fingerprint density at radius 3 is 2.12 bits per heavy atom. The van der Waals surface area contributed by atoms with E-state index in [9.17, 15) is 0 Å². The molecule has 1 atom stereocenters. The summed E-state index contributed by atoms with van der Waals surface area (Å²) in [5.74, 6) is 1.50. The van der Waals surface area contributed by atoms with Crippen LogP contribution in [0.3, 0.4) is 0 Å². The Bertz CT molecular complexity index is 222. The Balaban J connectivity index is 0.00000106. The Kier molecular flexibility index (Phi) is 8.23. The lowest BCUT2D eigenvalue weighted by molar-refractivity contribution is 0.275. The Labute approximate surface area is 102 Å². The van der Waals surface area contributed by atoms with E-state index < -0.39 is 0 Å². The zero-order valence-corrected chi connectivity index (χ0v) is 12.0. The van der Waals surface area contributed by atoms with E-state index in [2.05, 4.69) is 38.8 Å². The molecule has 0 N–H and O–H groups in total. The molecule has 0 aromatic carbocycles. The van der Waals surface area contributed by atoms with Crippen molar-refractivity contribution in [3.63, 3.8) is 0 Å². The summed E-state index contributed by atoms with van der Waals surface area (Å²) in [5.41, 5.74) is 1.41. The fourth-order valence-corrected chi connectivity index (χ4v) is 1.53. The average Bonchev–Trinajstić information content (AvgIpc) is 2.17. The zero-order chi connectivity index (χ0) is 12.6. The molecule has 1 nitrogen and oxygen atoms in total. The second-order valence-electron chi connectivity index (χ2n) is 4.80. The first-order valence-electron chi connectivity index (χ1n) is 6.81. The monoisotopic (exact) mass is 223 g/mol. The fourth-order valence-electron chi connectivity index (χ4n) is 1.53. The maximum absolute atomic E-state index is 4.57. The van der Waals surface area contributed by atoms with Crippen molar-refractivity contribution >= 4 is 6.21 Å².